The SMILES string of the molecule is COC(=O)N1[C@@H]2C[C@H](Cl)C[C@H]1[C@H](OC(=O)Nc1ccccc1)C2. The molecule has 3 rings (SSSR count). The molecule has 0 aromatic heterocycles. The summed E-state index contributed by atoms with van der Waals surface area (Å²) in [5.74, 6) is 0. The number of benzene rings is 1. The summed E-state index contributed by atoms with van der Waals surface area (Å²) >= 11 is 6.26. The zero-order valence-corrected chi connectivity index (χ0v) is 13.5. The molecule has 0 spiro atoms. The molecule has 2 aliphatic rings. The molecule has 2 heterocycles. The van der Waals surface area contributed by atoms with E-state index in [4.69, 9.17) is 21.1 Å². The normalized spacial score (nSPS) is 29.0. The molecule has 2 amide bonds. The number of rotatable bonds is 2. The van der Waals surface area contributed by atoms with Gasteiger partial charge in [-0.2, -0.15) is 0 Å². The number of piperidine rings is 1. The standard InChI is InChI=1S/C16H19ClN2O4/c1-22-16(21)19-12-7-10(17)8-13(19)14(9-12)23-15(20)18-11-5-3-2-4-6-11/h2-6,10,12-14H,7-9H2,1H3,(H,18,20)/t10-,12+,13-,14+/m0/s1. The third-order valence-electron chi connectivity index (χ3n) is 4.37. The molecular formula is C16H19ClN2O4. The molecule has 124 valence electrons. The predicted molar refractivity (Wildman–Crippen MR) is 85.6 cm³/mol. The molecule has 1 aromatic carbocycles. The molecule has 7 heteroatoms. The van der Waals surface area contributed by atoms with Gasteiger partial charge in [-0.3, -0.25) is 10.2 Å². The van der Waals surface area contributed by atoms with Crippen molar-refractivity contribution in [3.63, 3.8) is 0 Å². The predicted octanol–water partition coefficient (Wildman–Crippen LogP) is 3.21. The number of alkyl halides is 1. The summed E-state index contributed by atoms with van der Waals surface area (Å²) in [6.45, 7) is 0. The molecule has 2 aliphatic heterocycles. The Morgan fingerprint density at radius 3 is 2.65 bits per heavy atom. The highest BCUT2D eigenvalue weighted by Crippen LogP contribution is 2.39. The third-order valence-corrected chi connectivity index (χ3v) is 4.73. The molecule has 0 saturated carbocycles. The van der Waals surface area contributed by atoms with Crippen molar-refractivity contribution in [3.05, 3.63) is 30.3 Å². The Morgan fingerprint density at radius 2 is 1.96 bits per heavy atom. The first-order valence-electron chi connectivity index (χ1n) is 7.61. The molecule has 6 nitrogen and oxygen atoms in total. The van der Waals surface area contributed by atoms with Crippen LogP contribution in [-0.4, -0.2) is 47.8 Å². The third kappa shape index (κ3) is 3.37. The van der Waals surface area contributed by atoms with Crippen LogP contribution in [-0.2, 0) is 9.47 Å². The molecule has 23 heavy (non-hydrogen) atoms. The molecular weight excluding hydrogens is 320 g/mol. The number of nitrogens with zero attached hydrogens (tertiary/aromatic N) is 1. The van der Waals surface area contributed by atoms with Crippen LogP contribution in [0.25, 0.3) is 0 Å². The summed E-state index contributed by atoms with van der Waals surface area (Å²) in [4.78, 5) is 25.7. The Labute approximate surface area is 139 Å². The number of amides is 2. The fourth-order valence-electron chi connectivity index (χ4n) is 3.44. The van der Waals surface area contributed by atoms with Crippen molar-refractivity contribution in [2.45, 2.75) is 42.8 Å². The maximum Gasteiger partial charge on any atom is 0.411 e. The van der Waals surface area contributed by atoms with E-state index < -0.39 is 12.2 Å². The van der Waals surface area contributed by atoms with Crippen LogP contribution < -0.4 is 5.32 Å². The van der Waals surface area contributed by atoms with E-state index in [1.165, 1.54) is 7.11 Å². The van der Waals surface area contributed by atoms with E-state index in [1.54, 1.807) is 17.0 Å². The van der Waals surface area contributed by atoms with Crippen molar-refractivity contribution in [1.29, 1.82) is 0 Å². The number of hydrogen-bond acceptors (Lipinski definition) is 4. The van der Waals surface area contributed by atoms with Gasteiger partial charge in [0.1, 0.15) is 6.10 Å². The number of anilines is 1. The van der Waals surface area contributed by atoms with Crippen LogP contribution in [0.15, 0.2) is 30.3 Å². The van der Waals surface area contributed by atoms with Gasteiger partial charge in [0.2, 0.25) is 0 Å². The lowest BCUT2D eigenvalue weighted by Gasteiger charge is -2.36. The number of hydrogen-bond donors (Lipinski definition) is 1. The fourth-order valence-corrected chi connectivity index (χ4v) is 3.83. The Bertz CT molecular complexity index is 583. The van der Waals surface area contributed by atoms with Crippen LogP contribution in [0.4, 0.5) is 15.3 Å². The zero-order chi connectivity index (χ0) is 16.4. The van der Waals surface area contributed by atoms with Crippen LogP contribution in [0.2, 0.25) is 0 Å². The molecule has 2 saturated heterocycles. The minimum atomic E-state index is -0.523. The largest absolute Gasteiger partial charge is 0.453 e. The molecule has 0 aliphatic carbocycles. The Kier molecular flexibility index (Phi) is 4.61. The summed E-state index contributed by atoms with van der Waals surface area (Å²) < 4.78 is 10.4. The quantitative estimate of drug-likeness (QED) is 0.841. The average molecular weight is 339 g/mol. The van der Waals surface area contributed by atoms with Crippen LogP contribution in [0.5, 0.6) is 0 Å². The average Bonchev–Trinajstić information content (AvgIpc) is 2.75. The fraction of sp³-hybridized carbons (Fsp3) is 0.500. The molecule has 1 aromatic rings. The minimum absolute atomic E-state index is 0.0170. The van der Waals surface area contributed by atoms with Crippen molar-refractivity contribution < 1.29 is 19.1 Å². The number of ether oxygens (including phenoxy) is 2. The van der Waals surface area contributed by atoms with Gasteiger partial charge in [-0.1, -0.05) is 18.2 Å². The Balaban J connectivity index is 1.66. The minimum Gasteiger partial charge on any atom is -0.453 e. The second kappa shape index (κ2) is 6.66. The van der Waals surface area contributed by atoms with Crippen molar-refractivity contribution in [2.75, 3.05) is 12.4 Å². The van der Waals surface area contributed by atoms with Gasteiger partial charge in [-0.05, 0) is 25.0 Å². The lowest BCUT2D eigenvalue weighted by molar-refractivity contribution is 0.0547. The molecule has 2 fully saturated rings. The first-order valence-corrected chi connectivity index (χ1v) is 8.05. The van der Waals surface area contributed by atoms with Gasteiger partial charge in [-0.25, -0.2) is 9.59 Å². The van der Waals surface area contributed by atoms with Crippen molar-refractivity contribution in [2.24, 2.45) is 0 Å². The van der Waals surface area contributed by atoms with Crippen LogP contribution in [0, 0.1) is 0 Å². The lowest BCUT2D eigenvalue weighted by Crippen LogP contribution is -2.49. The number of halogens is 1. The second-order valence-corrected chi connectivity index (χ2v) is 6.45. The van der Waals surface area contributed by atoms with Crippen LogP contribution in [0.3, 0.4) is 0 Å². The van der Waals surface area contributed by atoms with E-state index in [0.717, 1.165) is 0 Å². The smallest absolute Gasteiger partial charge is 0.411 e. The van der Waals surface area contributed by atoms with Gasteiger partial charge >= 0.3 is 12.2 Å². The summed E-state index contributed by atoms with van der Waals surface area (Å²) in [6.07, 6.45) is 0.587. The van der Waals surface area contributed by atoms with Crippen molar-refractivity contribution in [3.8, 4) is 0 Å². The first-order chi connectivity index (χ1) is 11.1. The summed E-state index contributed by atoms with van der Waals surface area (Å²) in [5.41, 5.74) is 0.665. The molecule has 0 radical (unpaired) electrons. The first kappa shape index (κ1) is 15.9. The number of carbonyl (C=O) groups excluding carboxylic acids is 2. The Hall–Kier alpha value is -1.95. The second-order valence-electron chi connectivity index (χ2n) is 5.84. The summed E-state index contributed by atoms with van der Waals surface area (Å²) in [7, 11) is 1.35. The Morgan fingerprint density at radius 1 is 1.22 bits per heavy atom. The highest BCUT2D eigenvalue weighted by molar-refractivity contribution is 6.20. The number of carbonyl (C=O) groups is 2. The highest BCUT2D eigenvalue weighted by Gasteiger charge is 2.50. The van der Waals surface area contributed by atoms with Crippen LogP contribution in [0.1, 0.15) is 19.3 Å². The number of para-hydroxylation sites is 1. The van der Waals surface area contributed by atoms with E-state index in [9.17, 15) is 9.59 Å². The zero-order valence-electron chi connectivity index (χ0n) is 12.8. The van der Waals surface area contributed by atoms with E-state index in [2.05, 4.69) is 5.32 Å². The van der Waals surface area contributed by atoms with E-state index in [0.29, 0.717) is 24.9 Å². The number of fused-ring (bicyclic) bond motifs is 2. The van der Waals surface area contributed by atoms with Gasteiger partial charge in [-0.15, -0.1) is 11.6 Å². The van der Waals surface area contributed by atoms with Gasteiger partial charge in [0, 0.05) is 23.5 Å². The van der Waals surface area contributed by atoms with E-state index in [1.807, 2.05) is 18.2 Å². The molecule has 1 N–H and O–H groups in total. The van der Waals surface area contributed by atoms with E-state index >= 15 is 0 Å². The molecule has 4 atom stereocenters. The van der Waals surface area contributed by atoms with Gasteiger partial charge in [0.25, 0.3) is 0 Å². The van der Waals surface area contributed by atoms with Gasteiger partial charge in [0.05, 0.1) is 13.2 Å². The molecule has 2 bridgehead atoms. The van der Waals surface area contributed by atoms with Crippen molar-refractivity contribution in [1.82, 2.24) is 4.90 Å². The highest BCUT2D eigenvalue weighted by atomic mass is 35.5. The topological polar surface area (TPSA) is 67.9 Å². The molecule has 0 unspecified atom stereocenters. The maximum atomic E-state index is 12.1. The number of methoxy groups -OCH3 is 1. The lowest BCUT2D eigenvalue weighted by atomic mass is 10.0. The van der Waals surface area contributed by atoms with Crippen molar-refractivity contribution >= 4 is 29.5 Å². The van der Waals surface area contributed by atoms with Crippen LogP contribution >= 0.6 is 11.6 Å². The monoisotopic (exact) mass is 338 g/mol. The number of nitrogens with one attached hydrogen (secondary N) is 1. The summed E-state index contributed by atoms with van der Waals surface area (Å²) in [6, 6.07) is 8.81. The van der Waals surface area contributed by atoms with Gasteiger partial charge in [0.15, 0.2) is 0 Å². The maximum absolute atomic E-state index is 12.1. The summed E-state index contributed by atoms with van der Waals surface area (Å²) in [5, 5.41) is 2.67. The van der Waals surface area contributed by atoms with E-state index in [-0.39, 0.29) is 23.6 Å². The van der Waals surface area contributed by atoms with Gasteiger partial charge < -0.3 is 9.47 Å².